The van der Waals surface area contributed by atoms with E-state index in [9.17, 15) is 4.79 Å². The lowest BCUT2D eigenvalue weighted by Gasteiger charge is -1.99. The maximum absolute atomic E-state index is 11.0. The number of carbonyl (C=O) groups is 1. The van der Waals surface area contributed by atoms with Crippen LogP contribution in [0.4, 0.5) is 0 Å². The summed E-state index contributed by atoms with van der Waals surface area (Å²) in [7, 11) is 0. The number of hydrogen-bond acceptors (Lipinski definition) is 3. The van der Waals surface area contributed by atoms with E-state index in [4.69, 9.17) is 4.42 Å². The zero-order valence-electron chi connectivity index (χ0n) is 9.74. The molecule has 0 aliphatic carbocycles. The Morgan fingerprint density at radius 2 is 2.17 bits per heavy atom. The Hall–Kier alpha value is -2.36. The average molecular weight is 240 g/mol. The van der Waals surface area contributed by atoms with E-state index in [2.05, 4.69) is 4.98 Å². The van der Waals surface area contributed by atoms with Crippen molar-refractivity contribution in [3.05, 3.63) is 60.1 Å². The Morgan fingerprint density at radius 3 is 2.94 bits per heavy atom. The van der Waals surface area contributed by atoms with Crippen LogP contribution in [0, 0.1) is 0 Å². The van der Waals surface area contributed by atoms with Crippen LogP contribution in [0.1, 0.15) is 22.1 Å². The molecule has 4 heteroatoms. The van der Waals surface area contributed by atoms with Gasteiger partial charge in [0.25, 0.3) is 0 Å². The molecule has 0 saturated heterocycles. The summed E-state index contributed by atoms with van der Waals surface area (Å²) in [5.41, 5.74) is 1.34. The fourth-order valence-electron chi connectivity index (χ4n) is 2.08. The zero-order valence-corrected chi connectivity index (χ0v) is 9.74. The molecule has 3 heterocycles. The molecular weight excluding hydrogens is 228 g/mol. The van der Waals surface area contributed by atoms with Crippen LogP contribution in [-0.4, -0.2) is 15.7 Å². The molecule has 3 aromatic heterocycles. The van der Waals surface area contributed by atoms with Gasteiger partial charge < -0.3 is 8.82 Å². The Bertz CT molecular complexity index is 668. The number of imidazole rings is 1. The van der Waals surface area contributed by atoms with E-state index in [0.717, 1.165) is 36.2 Å². The van der Waals surface area contributed by atoms with E-state index in [1.807, 2.05) is 40.9 Å². The van der Waals surface area contributed by atoms with Gasteiger partial charge in [-0.3, -0.25) is 4.79 Å². The number of pyridine rings is 1. The summed E-state index contributed by atoms with van der Waals surface area (Å²) < 4.78 is 7.24. The van der Waals surface area contributed by atoms with Gasteiger partial charge in [-0.05, 0) is 24.3 Å². The van der Waals surface area contributed by atoms with Crippen LogP contribution in [0.3, 0.4) is 0 Å². The second kappa shape index (κ2) is 4.49. The summed E-state index contributed by atoms with van der Waals surface area (Å²) in [4.78, 5) is 15.3. The molecule has 90 valence electrons. The van der Waals surface area contributed by atoms with Gasteiger partial charge in [-0.2, -0.15) is 0 Å². The summed E-state index contributed by atoms with van der Waals surface area (Å²) in [5, 5.41) is 0. The van der Waals surface area contributed by atoms with Crippen LogP contribution in [-0.2, 0) is 12.8 Å². The van der Waals surface area contributed by atoms with E-state index in [0.29, 0.717) is 5.69 Å². The van der Waals surface area contributed by atoms with Crippen molar-refractivity contribution < 1.29 is 9.21 Å². The molecule has 0 fully saturated rings. The largest absolute Gasteiger partial charge is 0.469 e. The fraction of sp³-hybridized carbons (Fsp3) is 0.143. The monoisotopic (exact) mass is 240 g/mol. The van der Waals surface area contributed by atoms with Gasteiger partial charge in [0.15, 0.2) is 6.29 Å². The van der Waals surface area contributed by atoms with Crippen molar-refractivity contribution in [3.8, 4) is 0 Å². The standard InChI is InChI=1S/C14H12N2O2/c17-10-12-13-5-1-2-8-16(13)14(15-12)7-6-11-4-3-9-18-11/h1-5,8-10H,6-7H2. The van der Waals surface area contributed by atoms with Crippen molar-refractivity contribution in [2.24, 2.45) is 0 Å². The highest BCUT2D eigenvalue weighted by Gasteiger charge is 2.10. The highest BCUT2D eigenvalue weighted by Crippen LogP contribution is 2.13. The number of hydrogen-bond donors (Lipinski definition) is 0. The van der Waals surface area contributed by atoms with Crippen molar-refractivity contribution in [3.63, 3.8) is 0 Å². The Labute approximate surface area is 104 Å². The lowest BCUT2D eigenvalue weighted by Crippen LogP contribution is -1.96. The maximum atomic E-state index is 11.0. The SMILES string of the molecule is O=Cc1nc(CCc2ccco2)n2ccccc12. The lowest BCUT2D eigenvalue weighted by atomic mass is 10.2. The summed E-state index contributed by atoms with van der Waals surface area (Å²) in [5.74, 6) is 1.81. The molecule has 3 aromatic rings. The molecule has 0 unspecified atom stereocenters. The normalized spacial score (nSPS) is 10.9. The quantitative estimate of drug-likeness (QED) is 0.658. The molecule has 0 N–H and O–H groups in total. The Balaban J connectivity index is 1.94. The number of carbonyl (C=O) groups excluding carboxylic acids is 1. The van der Waals surface area contributed by atoms with Gasteiger partial charge >= 0.3 is 0 Å². The first kappa shape index (κ1) is 10.8. The summed E-state index contributed by atoms with van der Waals surface area (Å²) >= 11 is 0. The van der Waals surface area contributed by atoms with Crippen molar-refractivity contribution in [1.29, 1.82) is 0 Å². The third-order valence-electron chi connectivity index (χ3n) is 2.94. The van der Waals surface area contributed by atoms with Crippen molar-refractivity contribution >= 4 is 11.8 Å². The zero-order chi connectivity index (χ0) is 12.4. The molecule has 4 nitrogen and oxygen atoms in total. The van der Waals surface area contributed by atoms with Crippen LogP contribution >= 0.6 is 0 Å². The number of aryl methyl sites for hydroxylation is 2. The van der Waals surface area contributed by atoms with Gasteiger partial charge in [0.2, 0.25) is 0 Å². The van der Waals surface area contributed by atoms with Gasteiger partial charge in [-0.25, -0.2) is 4.98 Å². The summed E-state index contributed by atoms with van der Waals surface area (Å²) in [6, 6.07) is 9.54. The third-order valence-corrected chi connectivity index (χ3v) is 2.94. The number of aromatic nitrogens is 2. The number of fused-ring (bicyclic) bond motifs is 1. The van der Waals surface area contributed by atoms with Gasteiger partial charge in [0, 0.05) is 19.0 Å². The summed E-state index contributed by atoms with van der Waals surface area (Å²) in [6.45, 7) is 0. The molecule has 0 spiro atoms. The minimum absolute atomic E-state index is 0.491. The molecule has 3 rings (SSSR count). The molecule has 0 bridgehead atoms. The van der Waals surface area contributed by atoms with Crippen molar-refractivity contribution in [2.75, 3.05) is 0 Å². The number of furan rings is 1. The topological polar surface area (TPSA) is 47.5 Å². The highest BCUT2D eigenvalue weighted by atomic mass is 16.3. The molecular formula is C14H12N2O2. The van der Waals surface area contributed by atoms with E-state index < -0.39 is 0 Å². The molecule has 0 aliphatic heterocycles. The van der Waals surface area contributed by atoms with E-state index in [1.165, 1.54) is 0 Å². The second-order valence-corrected chi connectivity index (χ2v) is 4.07. The van der Waals surface area contributed by atoms with Gasteiger partial charge in [0.05, 0.1) is 11.8 Å². The first-order valence-corrected chi connectivity index (χ1v) is 5.82. The smallest absolute Gasteiger partial charge is 0.170 e. The average Bonchev–Trinajstić information content (AvgIpc) is 3.04. The van der Waals surface area contributed by atoms with Crippen LogP contribution < -0.4 is 0 Å². The highest BCUT2D eigenvalue weighted by molar-refractivity contribution is 5.83. The maximum Gasteiger partial charge on any atom is 0.170 e. The Kier molecular flexibility index (Phi) is 2.68. The summed E-state index contributed by atoms with van der Waals surface area (Å²) in [6.07, 6.45) is 5.90. The molecule has 0 radical (unpaired) electrons. The third kappa shape index (κ3) is 1.82. The number of aldehydes is 1. The fourth-order valence-corrected chi connectivity index (χ4v) is 2.08. The van der Waals surface area contributed by atoms with Gasteiger partial charge in [-0.1, -0.05) is 6.07 Å². The minimum atomic E-state index is 0.491. The van der Waals surface area contributed by atoms with E-state index >= 15 is 0 Å². The second-order valence-electron chi connectivity index (χ2n) is 4.07. The molecule has 0 amide bonds. The van der Waals surface area contributed by atoms with Crippen molar-refractivity contribution in [1.82, 2.24) is 9.38 Å². The number of nitrogens with zero attached hydrogens (tertiary/aromatic N) is 2. The van der Waals surface area contributed by atoms with Crippen LogP contribution in [0.2, 0.25) is 0 Å². The first-order valence-electron chi connectivity index (χ1n) is 5.82. The van der Waals surface area contributed by atoms with Crippen LogP contribution in [0.15, 0.2) is 47.2 Å². The predicted molar refractivity (Wildman–Crippen MR) is 66.7 cm³/mol. The minimum Gasteiger partial charge on any atom is -0.469 e. The number of rotatable bonds is 4. The van der Waals surface area contributed by atoms with Crippen molar-refractivity contribution in [2.45, 2.75) is 12.8 Å². The molecule has 18 heavy (non-hydrogen) atoms. The van der Waals surface area contributed by atoms with Crippen LogP contribution in [0.25, 0.3) is 5.52 Å². The van der Waals surface area contributed by atoms with Gasteiger partial charge in [0.1, 0.15) is 17.3 Å². The molecule has 0 aromatic carbocycles. The van der Waals surface area contributed by atoms with E-state index in [-0.39, 0.29) is 0 Å². The Morgan fingerprint density at radius 1 is 1.22 bits per heavy atom. The molecule has 0 saturated carbocycles. The molecule has 0 aliphatic rings. The lowest BCUT2D eigenvalue weighted by molar-refractivity contribution is 0.112. The van der Waals surface area contributed by atoms with Gasteiger partial charge in [-0.15, -0.1) is 0 Å². The van der Waals surface area contributed by atoms with E-state index in [1.54, 1.807) is 6.26 Å². The molecule has 0 atom stereocenters. The van der Waals surface area contributed by atoms with Crippen LogP contribution in [0.5, 0.6) is 0 Å². The predicted octanol–water partition coefficient (Wildman–Crippen LogP) is 2.53. The first-order chi connectivity index (χ1) is 8.88.